The highest BCUT2D eigenvalue weighted by atomic mass is 19.1. The van der Waals surface area contributed by atoms with Crippen molar-refractivity contribution >= 4 is 5.91 Å². The summed E-state index contributed by atoms with van der Waals surface area (Å²) in [5.74, 6) is -1.08. The molecular weight excluding hydrogens is 401 g/mol. The van der Waals surface area contributed by atoms with Crippen molar-refractivity contribution in [2.75, 3.05) is 33.2 Å². The molecule has 0 saturated carbocycles. The molecule has 1 fully saturated rings. The van der Waals surface area contributed by atoms with Gasteiger partial charge in [0.05, 0.1) is 12.2 Å². The van der Waals surface area contributed by atoms with E-state index in [0.717, 1.165) is 9.25 Å². The Bertz CT molecular complexity index is 1210. The van der Waals surface area contributed by atoms with Crippen LogP contribution in [0.4, 0.5) is 4.39 Å². The summed E-state index contributed by atoms with van der Waals surface area (Å²) in [5, 5.41) is 4.13. The van der Waals surface area contributed by atoms with Crippen LogP contribution < -0.4 is 11.2 Å². The maximum absolute atomic E-state index is 14.2. The Labute approximate surface area is 177 Å². The molecule has 0 unspecified atom stereocenters. The first-order chi connectivity index (χ1) is 15.0. The number of carbonyl (C=O) groups excluding carboxylic acids is 1. The van der Waals surface area contributed by atoms with E-state index >= 15 is 0 Å². The van der Waals surface area contributed by atoms with E-state index in [2.05, 4.69) is 10.00 Å². The van der Waals surface area contributed by atoms with E-state index in [9.17, 15) is 18.8 Å². The average molecular weight is 423 g/mol. The Balaban J connectivity index is 1.85. The third kappa shape index (κ3) is 4.17. The second kappa shape index (κ2) is 8.65. The molecule has 1 amide bonds. The summed E-state index contributed by atoms with van der Waals surface area (Å²) < 4.78 is 16.1. The quantitative estimate of drug-likeness (QED) is 0.625. The van der Waals surface area contributed by atoms with E-state index in [1.165, 1.54) is 18.2 Å². The first-order valence-electron chi connectivity index (χ1n) is 9.96. The molecule has 1 aromatic heterocycles. The fourth-order valence-corrected chi connectivity index (χ4v) is 3.48. The second-order valence-corrected chi connectivity index (χ2v) is 7.46. The lowest BCUT2D eigenvalue weighted by molar-refractivity contribution is 0.0652. The van der Waals surface area contributed by atoms with Crippen LogP contribution in [0.1, 0.15) is 16.1 Å². The molecule has 2 heterocycles. The molecule has 4 rings (SSSR count). The van der Waals surface area contributed by atoms with Crippen LogP contribution >= 0.6 is 0 Å². The molecule has 0 bridgehead atoms. The highest BCUT2D eigenvalue weighted by molar-refractivity contribution is 5.92. The molecule has 0 N–H and O–H groups in total. The van der Waals surface area contributed by atoms with Crippen molar-refractivity contribution in [1.29, 1.82) is 0 Å². The fourth-order valence-electron chi connectivity index (χ4n) is 3.48. The molecule has 0 radical (unpaired) electrons. The van der Waals surface area contributed by atoms with Crippen LogP contribution in [0.25, 0.3) is 5.69 Å². The zero-order valence-corrected chi connectivity index (χ0v) is 17.1. The van der Waals surface area contributed by atoms with Crippen molar-refractivity contribution in [1.82, 2.24) is 24.1 Å². The summed E-state index contributed by atoms with van der Waals surface area (Å²) >= 11 is 0. The lowest BCUT2D eigenvalue weighted by Crippen LogP contribution is -2.51. The van der Waals surface area contributed by atoms with Gasteiger partial charge in [0.15, 0.2) is 0 Å². The number of nitrogens with zero attached hydrogens (tertiary/aromatic N) is 5. The minimum Gasteiger partial charge on any atom is -0.335 e. The number of hydrogen-bond acceptors (Lipinski definition) is 5. The Morgan fingerprint density at radius 2 is 1.61 bits per heavy atom. The van der Waals surface area contributed by atoms with Crippen molar-refractivity contribution in [3.05, 3.63) is 92.5 Å². The van der Waals surface area contributed by atoms with Gasteiger partial charge in [-0.1, -0.05) is 36.4 Å². The lowest BCUT2D eigenvalue weighted by atomic mass is 10.2. The monoisotopic (exact) mass is 423 g/mol. The summed E-state index contributed by atoms with van der Waals surface area (Å²) in [7, 11) is 1.96. The zero-order valence-electron chi connectivity index (χ0n) is 17.1. The van der Waals surface area contributed by atoms with Crippen molar-refractivity contribution in [2.45, 2.75) is 6.54 Å². The molecule has 0 atom stereocenters. The van der Waals surface area contributed by atoms with Gasteiger partial charge in [0, 0.05) is 31.7 Å². The Hall–Kier alpha value is -3.59. The second-order valence-electron chi connectivity index (χ2n) is 7.46. The van der Waals surface area contributed by atoms with Crippen LogP contribution in [0.5, 0.6) is 0 Å². The van der Waals surface area contributed by atoms with E-state index in [0.29, 0.717) is 31.9 Å². The number of rotatable bonds is 4. The molecule has 2 aromatic carbocycles. The van der Waals surface area contributed by atoms with E-state index < -0.39 is 23.0 Å². The fraction of sp³-hybridized carbons (Fsp3) is 0.273. The molecule has 1 aliphatic rings. The van der Waals surface area contributed by atoms with Crippen molar-refractivity contribution in [2.24, 2.45) is 0 Å². The van der Waals surface area contributed by atoms with E-state index in [4.69, 9.17) is 0 Å². The Morgan fingerprint density at radius 3 is 2.29 bits per heavy atom. The summed E-state index contributed by atoms with van der Waals surface area (Å²) in [6, 6.07) is 14.4. The summed E-state index contributed by atoms with van der Waals surface area (Å²) in [6.07, 6.45) is 0. The number of likely N-dealkylation sites (N-methyl/N-ethyl adjacent to an activating group) is 1. The molecule has 31 heavy (non-hydrogen) atoms. The van der Waals surface area contributed by atoms with Crippen LogP contribution in [-0.2, 0) is 6.54 Å². The number of para-hydroxylation sites is 1. The number of hydrogen-bond donors (Lipinski definition) is 0. The number of carbonyl (C=O) groups is 1. The van der Waals surface area contributed by atoms with Gasteiger partial charge in [-0.25, -0.2) is 9.18 Å². The smallest absolute Gasteiger partial charge is 0.335 e. The SMILES string of the molecule is CN1CCN(C(=O)c2nn(-c3ccccc3)c(=O)n(Cc3ccccc3F)c2=O)CC1. The molecule has 0 aliphatic carbocycles. The molecule has 1 saturated heterocycles. The number of benzene rings is 2. The van der Waals surface area contributed by atoms with Gasteiger partial charge < -0.3 is 9.80 Å². The van der Waals surface area contributed by atoms with Gasteiger partial charge in [0.1, 0.15) is 5.82 Å². The Kier molecular flexibility index (Phi) is 5.77. The average Bonchev–Trinajstić information content (AvgIpc) is 2.78. The predicted molar refractivity (Wildman–Crippen MR) is 113 cm³/mol. The van der Waals surface area contributed by atoms with Crippen LogP contribution in [0.2, 0.25) is 0 Å². The van der Waals surface area contributed by atoms with E-state index in [1.807, 2.05) is 7.05 Å². The predicted octanol–water partition coefficient (Wildman–Crippen LogP) is 0.969. The minimum atomic E-state index is -0.829. The zero-order chi connectivity index (χ0) is 22.0. The van der Waals surface area contributed by atoms with Gasteiger partial charge in [-0.05, 0) is 25.2 Å². The van der Waals surface area contributed by atoms with Crippen molar-refractivity contribution in [3.63, 3.8) is 0 Å². The highest BCUT2D eigenvalue weighted by Crippen LogP contribution is 2.09. The first-order valence-corrected chi connectivity index (χ1v) is 9.96. The molecule has 1 aliphatic heterocycles. The van der Waals surface area contributed by atoms with Gasteiger partial charge in [-0.3, -0.25) is 14.2 Å². The summed E-state index contributed by atoms with van der Waals surface area (Å²) in [6.45, 7) is 1.95. The maximum Gasteiger partial charge on any atom is 0.352 e. The van der Waals surface area contributed by atoms with Crippen LogP contribution in [0.15, 0.2) is 64.2 Å². The van der Waals surface area contributed by atoms with Crippen LogP contribution in [0, 0.1) is 5.82 Å². The van der Waals surface area contributed by atoms with Crippen molar-refractivity contribution in [3.8, 4) is 5.69 Å². The lowest BCUT2D eigenvalue weighted by Gasteiger charge is -2.32. The molecule has 3 aromatic rings. The van der Waals surface area contributed by atoms with Gasteiger partial charge in [-0.2, -0.15) is 9.78 Å². The topological polar surface area (TPSA) is 80.4 Å². The molecule has 0 spiro atoms. The number of piperazine rings is 1. The molecule has 160 valence electrons. The standard InChI is InChI=1S/C22H22FN5O3/c1-25-11-13-26(14-12-25)20(29)19-21(30)27(15-16-7-5-6-10-18(16)23)22(31)28(24-19)17-8-3-2-4-9-17/h2-10H,11-15H2,1H3. The van der Waals surface area contributed by atoms with Crippen molar-refractivity contribution < 1.29 is 9.18 Å². The summed E-state index contributed by atoms with van der Waals surface area (Å²) in [4.78, 5) is 43.0. The van der Waals surface area contributed by atoms with Gasteiger partial charge in [0.2, 0.25) is 5.69 Å². The number of amides is 1. The van der Waals surface area contributed by atoms with Crippen LogP contribution in [-0.4, -0.2) is 63.3 Å². The number of halogens is 1. The van der Waals surface area contributed by atoms with E-state index in [-0.39, 0.29) is 17.8 Å². The van der Waals surface area contributed by atoms with Gasteiger partial charge in [0.25, 0.3) is 11.5 Å². The van der Waals surface area contributed by atoms with E-state index in [1.54, 1.807) is 41.3 Å². The van der Waals surface area contributed by atoms with Gasteiger partial charge >= 0.3 is 5.69 Å². The first kappa shape index (κ1) is 20.7. The summed E-state index contributed by atoms with van der Waals surface area (Å²) in [5.41, 5.74) is -1.35. The third-order valence-electron chi connectivity index (χ3n) is 5.34. The molecule has 8 nitrogen and oxygen atoms in total. The molecular formula is C22H22FN5O3. The highest BCUT2D eigenvalue weighted by Gasteiger charge is 2.27. The Morgan fingerprint density at radius 1 is 0.968 bits per heavy atom. The third-order valence-corrected chi connectivity index (χ3v) is 5.34. The van der Waals surface area contributed by atoms with Crippen LogP contribution in [0.3, 0.4) is 0 Å². The minimum absolute atomic E-state index is 0.172. The number of aromatic nitrogens is 3. The maximum atomic E-state index is 14.2. The van der Waals surface area contributed by atoms with Gasteiger partial charge in [-0.15, -0.1) is 0 Å². The largest absolute Gasteiger partial charge is 0.352 e. The molecule has 9 heteroatoms. The normalized spacial score (nSPS) is 14.6.